The molecule has 1 unspecified atom stereocenters. The van der Waals surface area contributed by atoms with Gasteiger partial charge >= 0.3 is 6.09 Å². The number of hydrogen-bond donors (Lipinski definition) is 1. The quantitative estimate of drug-likeness (QED) is 0.666. The van der Waals surface area contributed by atoms with E-state index in [0.717, 1.165) is 39.7 Å². The van der Waals surface area contributed by atoms with E-state index in [-0.39, 0.29) is 18.2 Å². The van der Waals surface area contributed by atoms with Crippen LogP contribution in [0.4, 0.5) is 4.79 Å². The van der Waals surface area contributed by atoms with E-state index in [9.17, 15) is 4.79 Å². The van der Waals surface area contributed by atoms with E-state index in [4.69, 9.17) is 9.72 Å². The summed E-state index contributed by atoms with van der Waals surface area (Å²) in [4.78, 5) is 22.8. The van der Waals surface area contributed by atoms with E-state index >= 15 is 0 Å². The molecule has 1 amide bonds. The minimum atomic E-state index is -0.494. The molecule has 0 saturated carbocycles. The van der Waals surface area contributed by atoms with Crippen molar-refractivity contribution in [2.45, 2.75) is 64.6 Å². The van der Waals surface area contributed by atoms with E-state index in [2.05, 4.69) is 40.6 Å². The summed E-state index contributed by atoms with van der Waals surface area (Å²) >= 11 is 2.29. The second-order valence-electron chi connectivity index (χ2n) is 7.33. The Morgan fingerprint density at radius 3 is 2.83 bits per heavy atom. The fourth-order valence-electron chi connectivity index (χ4n) is 3.30. The Labute approximate surface area is 156 Å². The fourth-order valence-corrected chi connectivity index (χ4v) is 3.79. The average Bonchev–Trinajstić information content (AvgIpc) is 3.07. The van der Waals surface area contributed by atoms with Crippen molar-refractivity contribution in [3.63, 3.8) is 0 Å². The van der Waals surface area contributed by atoms with Crippen molar-refractivity contribution in [3.8, 4) is 0 Å². The molecule has 2 heterocycles. The molecule has 3 rings (SSSR count). The Morgan fingerprint density at radius 1 is 1.42 bits per heavy atom. The summed E-state index contributed by atoms with van der Waals surface area (Å²) in [7, 11) is 0. The number of imidazole rings is 1. The molecule has 1 aliphatic heterocycles. The van der Waals surface area contributed by atoms with Crippen LogP contribution in [0.15, 0.2) is 18.2 Å². The molecule has 2 aromatic rings. The summed E-state index contributed by atoms with van der Waals surface area (Å²) < 4.78 is 6.81. The van der Waals surface area contributed by atoms with E-state index < -0.39 is 5.60 Å². The minimum absolute atomic E-state index is 0.0464. The molecule has 0 bridgehead atoms. The summed E-state index contributed by atoms with van der Waals surface area (Å²) in [5.41, 5.74) is 1.46. The van der Waals surface area contributed by atoms with Crippen molar-refractivity contribution in [1.29, 1.82) is 0 Å². The van der Waals surface area contributed by atoms with Gasteiger partial charge in [-0.15, -0.1) is 0 Å². The van der Waals surface area contributed by atoms with Crippen LogP contribution in [0.1, 0.15) is 58.8 Å². The number of rotatable bonds is 2. The van der Waals surface area contributed by atoms with Gasteiger partial charge in [0.1, 0.15) is 11.4 Å². The van der Waals surface area contributed by atoms with Crippen LogP contribution >= 0.6 is 22.6 Å². The van der Waals surface area contributed by atoms with Crippen molar-refractivity contribution < 1.29 is 9.53 Å². The smallest absolute Gasteiger partial charge is 0.411 e. The molecule has 1 aromatic heterocycles. The van der Waals surface area contributed by atoms with Gasteiger partial charge in [0, 0.05) is 9.61 Å². The summed E-state index contributed by atoms with van der Waals surface area (Å²) in [5.74, 6) is 0.855. The lowest BCUT2D eigenvalue weighted by molar-refractivity contribution is 0.0134. The highest BCUT2D eigenvalue weighted by Crippen LogP contribution is 2.38. The molecule has 1 fully saturated rings. The van der Waals surface area contributed by atoms with Crippen LogP contribution < -0.4 is 0 Å². The van der Waals surface area contributed by atoms with E-state index in [1.54, 1.807) is 0 Å². The van der Waals surface area contributed by atoms with E-state index in [1.165, 1.54) is 0 Å². The molecule has 0 aliphatic carbocycles. The summed E-state index contributed by atoms with van der Waals surface area (Å²) in [6, 6.07) is 6.30. The topological polar surface area (TPSA) is 58.2 Å². The highest BCUT2D eigenvalue weighted by molar-refractivity contribution is 14.1. The van der Waals surface area contributed by atoms with Gasteiger partial charge in [-0.2, -0.15) is 0 Å². The first-order chi connectivity index (χ1) is 11.3. The lowest BCUT2D eigenvalue weighted by Crippen LogP contribution is -2.41. The summed E-state index contributed by atoms with van der Waals surface area (Å²) in [5, 5.41) is 0. The van der Waals surface area contributed by atoms with Gasteiger partial charge in [-0.05, 0) is 80.8 Å². The van der Waals surface area contributed by atoms with Crippen molar-refractivity contribution >= 4 is 39.7 Å². The van der Waals surface area contributed by atoms with Crippen LogP contribution in [-0.2, 0) is 4.74 Å². The van der Waals surface area contributed by atoms with Gasteiger partial charge in [0.05, 0.1) is 17.1 Å². The molecule has 24 heavy (non-hydrogen) atoms. The van der Waals surface area contributed by atoms with Crippen molar-refractivity contribution in [3.05, 3.63) is 27.6 Å². The number of aromatic nitrogens is 2. The van der Waals surface area contributed by atoms with Crippen LogP contribution in [0, 0.1) is 3.57 Å². The maximum absolute atomic E-state index is 12.7. The van der Waals surface area contributed by atoms with Gasteiger partial charge in [-0.1, -0.05) is 6.92 Å². The van der Waals surface area contributed by atoms with Crippen LogP contribution in [-0.4, -0.2) is 32.6 Å². The Balaban J connectivity index is 1.93. The number of likely N-dealkylation sites (tertiary alicyclic amines) is 1. The van der Waals surface area contributed by atoms with E-state index in [1.807, 2.05) is 37.8 Å². The standard InChI is InChI=1S/C18H24IN3O2/c1-5-12-7-9-15(22(12)17(23)24-18(2,3)4)16-20-13-8-6-11(19)10-14(13)21-16/h6,8,10,12,15H,5,7,9H2,1-4H3,(H,20,21)/t12-,15?/m0/s1. The summed E-state index contributed by atoms with van der Waals surface area (Å²) in [6.07, 6.45) is 2.57. The lowest BCUT2D eigenvalue weighted by Gasteiger charge is -2.31. The minimum Gasteiger partial charge on any atom is -0.444 e. The molecule has 130 valence electrons. The highest BCUT2D eigenvalue weighted by atomic mass is 127. The number of nitrogens with zero attached hydrogens (tertiary/aromatic N) is 2. The summed E-state index contributed by atoms with van der Waals surface area (Å²) in [6.45, 7) is 7.82. The van der Waals surface area contributed by atoms with Crippen LogP contribution in [0.3, 0.4) is 0 Å². The number of halogens is 1. The lowest BCUT2D eigenvalue weighted by atomic mass is 10.1. The predicted molar refractivity (Wildman–Crippen MR) is 103 cm³/mol. The molecule has 5 nitrogen and oxygen atoms in total. The van der Waals surface area contributed by atoms with Crippen molar-refractivity contribution in [2.24, 2.45) is 0 Å². The van der Waals surface area contributed by atoms with Crippen molar-refractivity contribution in [1.82, 2.24) is 14.9 Å². The molecule has 1 aromatic carbocycles. The Bertz CT molecular complexity index is 750. The second-order valence-corrected chi connectivity index (χ2v) is 8.57. The third-order valence-corrected chi connectivity index (χ3v) is 5.03. The van der Waals surface area contributed by atoms with Crippen LogP contribution in [0.25, 0.3) is 11.0 Å². The maximum Gasteiger partial charge on any atom is 0.411 e. The third-order valence-electron chi connectivity index (χ3n) is 4.36. The first kappa shape index (κ1) is 17.5. The zero-order chi connectivity index (χ0) is 17.5. The maximum atomic E-state index is 12.7. The first-order valence-electron chi connectivity index (χ1n) is 8.45. The number of nitrogens with one attached hydrogen (secondary N) is 1. The average molecular weight is 441 g/mol. The number of ether oxygens (including phenoxy) is 1. The zero-order valence-corrected chi connectivity index (χ0v) is 16.8. The fraction of sp³-hybridized carbons (Fsp3) is 0.556. The van der Waals surface area contributed by atoms with Gasteiger partial charge in [-0.25, -0.2) is 9.78 Å². The number of benzene rings is 1. The predicted octanol–water partition coefficient (Wildman–Crippen LogP) is 5.02. The van der Waals surface area contributed by atoms with Crippen molar-refractivity contribution in [2.75, 3.05) is 0 Å². The van der Waals surface area contributed by atoms with Gasteiger partial charge in [0.2, 0.25) is 0 Å². The number of hydrogen-bond acceptors (Lipinski definition) is 3. The van der Waals surface area contributed by atoms with E-state index in [0.29, 0.717) is 0 Å². The van der Waals surface area contributed by atoms with Gasteiger partial charge in [0.25, 0.3) is 0 Å². The molecule has 0 spiro atoms. The largest absolute Gasteiger partial charge is 0.444 e. The molecule has 2 atom stereocenters. The number of fused-ring (bicyclic) bond motifs is 1. The number of carbonyl (C=O) groups is 1. The molecule has 6 heteroatoms. The molecular formula is C18H24IN3O2. The SMILES string of the molecule is CC[C@H]1CCC(c2nc3ccc(I)cc3[nH]2)N1C(=O)OC(C)(C)C. The van der Waals surface area contributed by atoms with Gasteiger partial charge in [-0.3, -0.25) is 4.90 Å². The first-order valence-corrected chi connectivity index (χ1v) is 9.53. The van der Waals surface area contributed by atoms with Gasteiger partial charge < -0.3 is 9.72 Å². The van der Waals surface area contributed by atoms with Crippen LogP contribution in [0.2, 0.25) is 0 Å². The number of amides is 1. The number of aromatic amines is 1. The third kappa shape index (κ3) is 3.53. The molecule has 1 saturated heterocycles. The number of carbonyl (C=O) groups excluding carboxylic acids is 1. The Kier molecular flexibility index (Phi) is 4.77. The molecular weight excluding hydrogens is 417 g/mol. The molecule has 1 aliphatic rings. The Morgan fingerprint density at radius 2 is 2.17 bits per heavy atom. The molecule has 0 radical (unpaired) electrons. The number of H-pyrrole nitrogens is 1. The van der Waals surface area contributed by atoms with Crippen LogP contribution in [0.5, 0.6) is 0 Å². The normalized spacial score (nSPS) is 21.5. The molecule has 1 N–H and O–H groups in total. The second kappa shape index (κ2) is 6.54. The monoisotopic (exact) mass is 441 g/mol. The highest BCUT2D eigenvalue weighted by Gasteiger charge is 2.40. The Hall–Kier alpha value is -1.31. The van der Waals surface area contributed by atoms with Gasteiger partial charge in [0.15, 0.2) is 0 Å². The zero-order valence-electron chi connectivity index (χ0n) is 14.6.